The Kier molecular flexibility index (Phi) is 3.62. The van der Waals surface area contributed by atoms with Gasteiger partial charge in [-0.25, -0.2) is 0 Å². The zero-order valence-corrected chi connectivity index (χ0v) is 13.9. The van der Waals surface area contributed by atoms with E-state index < -0.39 is 0 Å². The summed E-state index contributed by atoms with van der Waals surface area (Å²) >= 11 is 4.01. The quantitative estimate of drug-likeness (QED) is 0.640. The molecule has 0 radical (unpaired) electrons. The van der Waals surface area contributed by atoms with Gasteiger partial charge in [-0.3, -0.25) is 0 Å². The smallest absolute Gasteiger partial charge is 0.0426 e. The molecular formula is C20H21Br. The predicted octanol–water partition coefficient (Wildman–Crippen LogP) is 5.42. The molecule has 0 fully saturated rings. The van der Waals surface area contributed by atoms with Crippen LogP contribution in [0.1, 0.15) is 45.5 Å². The van der Waals surface area contributed by atoms with Crippen molar-refractivity contribution in [2.24, 2.45) is 5.92 Å². The van der Waals surface area contributed by atoms with Crippen molar-refractivity contribution in [1.82, 2.24) is 0 Å². The first-order chi connectivity index (χ1) is 10.3. The molecule has 4 rings (SSSR count). The van der Waals surface area contributed by atoms with Gasteiger partial charge in [0.05, 0.1) is 0 Å². The number of halogens is 1. The fourth-order valence-corrected chi connectivity index (χ4v) is 4.75. The predicted molar refractivity (Wildman–Crippen MR) is 92.1 cm³/mol. The summed E-state index contributed by atoms with van der Waals surface area (Å²) < 4.78 is 0. The highest BCUT2D eigenvalue weighted by Gasteiger charge is 2.26. The first kappa shape index (κ1) is 13.6. The molecular weight excluding hydrogens is 320 g/mol. The summed E-state index contributed by atoms with van der Waals surface area (Å²) in [6.07, 6.45) is 7.62. The molecule has 0 saturated heterocycles. The van der Waals surface area contributed by atoms with Gasteiger partial charge < -0.3 is 0 Å². The number of benzene rings is 2. The van der Waals surface area contributed by atoms with Gasteiger partial charge in [-0.15, -0.1) is 0 Å². The summed E-state index contributed by atoms with van der Waals surface area (Å²) in [7, 11) is 0. The number of aryl methyl sites for hydroxylation is 3. The number of rotatable bonds is 2. The van der Waals surface area contributed by atoms with Crippen LogP contribution in [0, 0.1) is 5.92 Å². The minimum absolute atomic E-state index is 0.497. The van der Waals surface area contributed by atoms with E-state index in [2.05, 4.69) is 58.4 Å². The molecule has 0 saturated carbocycles. The summed E-state index contributed by atoms with van der Waals surface area (Å²) in [5.41, 5.74) is 7.77. The summed E-state index contributed by atoms with van der Waals surface area (Å²) in [4.78, 5) is 0.497. The minimum Gasteiger partial charge on any atom is -0.0836 e. The molecule has 2 aromatic rings. The Morgan fingerprint density at radius 2 is 1.62 bits per heavy atom. The summed E-state index contributed by atoms with van der Waals surface area (Å²) in [6.45, 7) is 0. The number of hydrogen-bond donors (Lipinski definition) is 0. The Morgan fingerprint density at radius 3 is 2.52 bits per heavy atom. The molecule has 0 nitrogen and oxygen atoms in total. The van der Waals surface area contributed by atoms with Crippen LogP contribution in [0.5, 0.6) is 0 Å². The third kappa shape index (κ3) is 2.57. The largest absolute Gasteiger partial charge is 0.0836 e. The van der Waals surface area contributed by atoms with Gasteiger partial charge in [-0.2, -0.15) is 0 Å². The van der Waals surface area contributed by atoms with Gasteiger partial charge in [0.25, 0.3) is 0 Å². The SMILES string of the molecule is BrC(c1ccc2c(c1)CCC2)C1CCc2ccccc2C1. The molecule has 2 atom stereocenters. The molecule has 2 aromatic carbocycles. The summed E-state index contributed by atoms with van der Waals surface area (Å²) in [5.74, 6) is 0.722. The van der Waals surface area contributed by atoms with Crippen LogP contribution in [0.25, 0.3) is 0 Å². The lowest BCUT2D eigenvalue weighted by Gasteiger charge is -2.29. The van der Waals surface area contributed by atoms with E-state index in [9.17, 15) is 0 Å². The van der Waals surface area contributed by atoms with E-state index in [0.717, 1.165) is 5.92 Å². The van der Waals surface area contributed by atoms with Crippen LogP contribution in [-0.2, 0) is 25.7 Å². The van der Waals surface area contributed by atoms with E-state index in [4.69, 9.17) is 0 Å². The summed E-state index contributed by atoms with van der Waals surface area (Å²) in [5, 5.41) is 0. The van der Waals surface area contributed by atoms with Gasteiger partial charge in [0, 0.05) is 4.83 Å². The second-order valence-corrected chi connectivity index (χ2v) is 7.54. The lowest BCUT2D eigenvalue weighted by Crippen LogP contribution is -2.18. The molecule has 2 aliphatic rings. The Morgan fingerprint density at radius 1 is 0.857 bits per heavy atom. The van der Waals surface area contributed by atoms with Crippen LogP contribution in [0.2, 0.25) is 0 Å². The van der Waals surface area contributed by atoms with Crippen LogP contribution in [-0.4, -0.2) is 0 Å². The first-order valence-electron chi connectivity index (χ1n) is 8.14. The number of hydrogen-bond acceptors (Lipinski definition) is 0. The van der Waals surface area contributed by atoms with Crippen molar-refractivity contribution in [3.63, 3.8) is 0 Å². The Hall–Kier alpha value is -1.08. The highest BCUT2D eigenvalue weighted by Crippen LogP contribution is 2.40. The second-order valence-electron chi connectivity index (χ2n) is 6.56. The Labute approximate surface area is 135 Å². The van der Waals surface area contributed by atoms with E-state index in [1.54, 1.807) is 22.3 Å². The van der Waals surface area contributed by atoms with Crippen molar-refractivity contribution in [3.8, 4) is 0 Å². The lowest BCUT2D eigenvalue weighted by atomic mass is 9.80. The van der Waals surface area contributed by atoms with Gasteiger partial charge in [0.15, 0.2) is 0 Å². The number of fused-ring (bicyclic) bond motifs is 2. The van der Waals surface area contributed by atoms with Crippen molar-refractivity contribution in [2.75, 3.05) is 0 Å². The molecule has 0 N–H and O–H groups in total. The standard InChI is InChI=1S/C20H21Br/c21-20(19-11-9-15-6-3-7-17(15)13-19)18-10-8-14-4-1-2-5-16(14)12-18/h1-2,4-5,9,11,13,18,20H,3,6-8,10,12H2. The molecule has 0 spiro atoms. The Bertz CT molecular complexity index is 659. The molecule has 0 aromatic heterocycles. The van der Waals surface area contributed by atoms with Crippen molar-refractivity contribution in [3.05, 3.63) is 70.3 Å². The van der Waals surface area contributed by atoms with Gasteiger partial charge in [0.2, 0.25) is 0 Å². The normalized spacial score (nSPS) is 21.7. The molecule has 0 amide bonds. The van der Waals surface area contributed by atoms with Crippen molar-refractivity contribution >= 4 is 15.9 Å². The van der Waals surface area contributed by atoms with E-state index in [1.807, 2.05) is 0 Å². The maximum absolute atomic E-state index is 4.01. The second kappa shape index (κ2) is 5.61. The third-order valence-electron chi connectivity index (χ3n) is 5.24. The zero-order valence-electron chi connectivity index (χ0n) is 12.3. The van der Waals surface area contributed by atoms with Crippen LogP contribution < -0.4 is 0 Å². The Balaban J connectivity index is 1.57. The van der Waals surface area contributed by atoms with E-state index >= 15 is 0 Å². The number of alkyl halides is 1. The molecule has 2 unspecified atom stereocenters. The molecule has 0 heterocycles. The minimum atomic E-state index is 0.497. The van der Waals surface area contributed by atoms with Crippen molar-refractivity contribution in [2.45, 2.75) is 43.4 Å². The third-order valence-corrected chi connectivity index (χ3v) is 6.52. The van der Waals surface area contributed by atoms with Crippen molar-refractivity contribution < 1.29 is 0 Å². The fraction of sp³-hybridized carbons (Fsp3) is 0.400. The van der Waals surface area contributed by atoms with Crippen molar-refractivity contribution in [1.29, 1.82) is 0 Å². The first-order valence-corrected chi connectivity index (χ1v) is 9.05. The maximum Gasteiger partial charge on any atom is 0.0426 e. The average molecular weight is 341 g/mol. The lowest BCUT2D eigenvalue weighted by molar-refractivity contribution is 0.453. The summed E-state index contributed by atoms with van der Waals surface area (Å²) in [6, 6.07) is 16.1. The van der Waals surface area contributed by atoms with Gasteiger partial charge in [-0.1, -0.05) is 58.4 Å². The van der Waals surface area contributed by atoms with Gasteiger partial charge in [0.1, 0.15) is 0 Å². The van der Waals surface area contributed by atoms with E-state index in [-0.39, 0.29) is 0 Å². The van der Waals surface area contributed by atoms with Crippen LogP contribution in [0.3, 0.4) is 0 Å². The monoisotopic (exact) mass is 340 g/mol. The van der Waals surface area contributed by atoms with Gasteiger partial charge >= 0.3 is 0 Å². The highest BCUT2D eigenvalue weighted by molar-refractivity contribution is 9.09. The van der Waals surface area contributed by atoms with Crippen LogP contribution >= 0.6 is 15.9 Å². The molecule has 0 aliphatic heterocycles. The molecule has 1 heteroatoms. The van der Waals surface area contributed by atoms with Crippen LogP contribution in [0.4, 0.5) is 0 Å². The topological polar surface area (TPSA) is 0 Å². The zero-order chi connectivity index (χ0) is 14.2. The molecule has 108 valence electrons. The van der Waals surface area contributed by atoms with E-state index in [1.165, 1.54) is 44.1 Å². The van der Waals surface area contributed by atoms with Gasteiger partial charge in [-0.05, 0) is 72.3 Å². The van der Waals surface area contributed by atoms with Crippen LogP contribution in [0.15, 0.2) is 42.5 Å². The molecule has 2 aliphatic carbocycles. The highest BCUT2D eigenvalue weighted by atomic mass is 79.9. The molecule has 0 bridgehead atoms. The fourth-order valence-electron chi connectivity index (χ4n) is 4.01. The average Bonchev–Trinajstić information content (AvgIpc) is 3.01. The maximum atomic E-state index is 4.01. The van der Waals surface area contributed by atoms with E-state index in [0.29, 0.717) is 4.83 Å². The molecule has 21 heavy (non-hydrogen) atoms.